The summed E-state index contributed by atoms with van der Waals surface area (Å²) >= 11 is 0.963. The molecule has 0 saturated carbocycles. The number of nitrogens with zero attached hydrogens (tertiary/aromatic N) is 4. The first kappa shape index (κ1) is 18.4. The molecule has 1 heterocycles. The largest absolute Gasteiger partial charge is 0.484 e. The number of nitro groups is 1. The maximum atomic E-state index is 11.2. The maximum absolute atomic E-state index is 11.2. The van der Waals surface area contributed by atoms with Gasteiger partial charge in [-0.1, -0.05) is 12.1 Å². The van der Waals surface area contributed by atoms with Gasteiger partial charge >= 0.3 is 0 Å². The van der Waals surface area contributed by atoms with Crippen molar-refractivity contribution in [3.05, 3.63) is 69.1 Å². The molecule has 0 radical (unpaired) electrons. The molecule has 3 aromatic rings. The van der Waals surface area contributed by atoms with Gasteiger partial charge in [0.2, 0.25) is 0 Å². The Morgan fingerprint density at radius 3 is 2.81 bits per heavy atom. The fraction of sp³-hybridized carbons (Fsp3) is 0.167. The second kappa shape index (κ2) is 7.88. The summed E-state index contributed by atoms with van der Waals surface area (Å²) in [6, 6.07) is 11.9. The lowest BCUT2D eigenvalue weighted by molar-refractivity contribution is -0.387. The number of aryl methyl sites for hydroxylation is 2. The first-order valence-corrected chi connectivity index (χ1v) is 8.66. The molecule has 1 aromatic heterocycles. The van der Waals surface area contributed by atoms with Gasteiger partial charge in [-0.15, -0.1) is 10.2 Å². The van der Waals surface area contributed by atoms with E-state index in [1.807, 2.05) is 38.1 Å². The molecule has 3 rings (SSSR count). The fourth-order valence-electron chi connectivity index (χ4n) is 2.25. The molecule has 2 aromatic carbocycles. The van der Waals surface area contributed by atoms with E-state index < -0.39 is 4.92 Å². The summed E-state index contributed by atoms with van der Waals surface area (Å²) in [5, 5.41) is 28.0. The van der Waals surface area contributed by atoms with Crippen LogP contribution in [0.4, 0.5) is 5.69 Å². The Bertz CT molecular complexity index is 1040. The standard InChI is InChI=1S/C18H14N4O4S/c1-11-3-4-12(2)15(7-11)25-10-17-20-21-18(26-17)27-16-6-5-13(9-19)8-14(16)22(23)24/h3-8H,10H2,1-2H3. The SMILES string of the molecule is Cc1ccc(C)c(OCc2nnc(Sc3ccc(C#N)cc3[N+](=O)[O-])o2)c1. The van der Waals surface area contributed by atoms with Gasteiger partial charge in [-0.3, -0.25) is 10.1 Å². The molecule has 0 saturated heterocycles. The molecule has 0 aliphatic carbocycles. The van der Waals surface area contributed by atoms with Crippen LogP contribution in [0.5, 0.6) is 5.75 Å². The fourth-order valence-corrected chi connectivity index (χ4v) is 3.03. The van der Waals surface area contributed by atoms with Crippen LogP contribution in [0.3, 0.4) is 0 Å². The minimum Gasteiger partial charge on any atom is -0.484 e. The molecule has 0 aliphatic heterocycles. The molecule has 0 N–H and O–H groups in total. The predicted octanol–water partition coefficient (Wildman–Crippen LogP) is 4.20. The summed E-state index contributed by atoms with van der Waals surface area (Å²) in [6.07, 6.45) is 0. The first-order valence-electron chi connectivity index (χ1n) is 7.85. The van der Waals surface area contributed by atoms with Crippen molar-refractivity contribution in [1.29, 1.82) is 5.26 Å². The Morgan fingerprint density at radius 2 is 2.07 bits per heavy atom. The van der Waals surface area contributed by atoms with Crippen LogP contribution >= 0.6 is 11.8 Å². The number of aromatic nitrogens is 2. The van der Waals surface area contributed by atoms with Gasteiger partial charge in [0.25, 0.3) is 16.8 Å². The molecule has 0 bridgehead atoms. The lowest BCUT2D eigenvalue weighted by atomic mass is 10.1. The van der Waals surface area contributed by atoms with Gasteiger partial charge in [-0.05, 0) is 54.9 Å². The Labute approximate surface area is 158 Å². The van der Waals surface area contributed by atoms with Crippen molar-refractivity contribution < 1.29 is 14.1 Å². The Hall–Kier alpha value is -3.38. The van der Waals surface area contributed by atoms with E-state index in [0.29, 0.717) is 4.90 Å². The highest BCUT2D eigenvalue weighted by molar-refractivity contribution is 7.99. The summed E-state index contributed by atoms with van der Waals surface area (Å²) in [5.41, 5.74) is 2.08. The maximum Gasteiger partial charge on any atom is 0.284 e. The van der Waals surface area contributed by atoms with Crippen molar-refractivity contribution in [2.75, 3.05) is 0 Å². The van der Waals surface area contributed by atoms with Crippen LogP contribution in [0.25, 0.3) is 0 Å². The normalized spacial score (nSPS) is 10.4. The first-order chi connectivity index (χ1) is 13.0. The third kappa shape index (κ3) is 4.43. The van der Waals surface area contributed by atoms with E-state index in [4.69, 9.17) is 14.4 Å². The van der Waals surface area contributed by atoms with Crippen molar-refractivity contribution >= 4 is 17.4 Å². The van der Waals surface area contributed by atoms with Gasteiger partial charge in [0.05, 0.1) is 21.5 Å². The molecule has 0 aliphatic rings. The quantitative estimate of drug-likeness (QED) is 0.460. The van der Waals surface area contributed by atoms with Crippen molar-refractivity contribution in [2.45, 2.75) is 30.6 Å². The van der Waals surface area contributed by atoms with E-state index in [1.54, 1.807) is 0 Å². The molecule has 0 fully saturated rings. The third-order valence-corrected chi connectivity index (χ3v) is 4.53. The number of rotatable bonds is 6. The van der Waals surface area contributed by atoms with Crippen LogP contribution in [0.1, 0.15) is 22.6 Å². The van der Waals surface area contributed by atoms with Gasteiger partial charge in [-0.25, -0.2) is 0 Å². The molecule has 8 nitrogen and oxygen atoms in total. The highest BCUT2D eigenvalue weighted by Gasteiger charge is 2.19. The molecular weight excluding hydrogens is 368 g/mol. The lowest BCUT2D eigenvalue weighted by Gasteiger charge is -2.07. The summed E-state index contributed by atoms with van der Waals surface area (Å²) in [6.45, 7) is 4.00. The van der Waals surface area contributed by atoms with Gasteiger partial charge in [-0.2, -0.15) is 5.26 Å². The van der Waals surface area contributed by atoms with Crippen molar-refractivity contribution in [1.82, 2.24) is 10.2 Å². The van der Waals surface area contributed by atoms with Crippen molar-refractivity contribution in [2.24, 2.45) is 0 Å². The summed E-state index contributed by atoms with van der Waals surface area (Å²) in [5.74, 6) is 0.986. The molecule has 0 amide bonds. The van der Waals surface area contributed by atoms with Crippen LogP contribution in [0.2, 0.25) is 0 Å². The molecule has 0 unspecified atom stereocenters. The van der Waals surface area contributed by atoms with Gasteiger partial charge in [0.1, 0.15) is 5.75 Å². The zero-order chi connectivity index (χ0) is 19.4. The minimum absolute atomic E-state index is 0.0906. The smallest absolute Gasteiger partial charge is 0.284 e. The monoisotopic (exact) mass is 382 g/mol. The zero-order valence-electron chi connectivity index (χ0n) is 14.5. The van der Waals surface area contributed by atoms with E-state index in [0.717, 1.165) is 28.6 Å². The summed E-state index contributed by atoms with van der Waals surface area (Å²) < 4.78 is 11.2. The Kier molecular flexibility index (Phi) is 5.38. The lowest BCUT2D eigenvalue weighted by Crippen LogP contribution is -1.97. The number of nitro benzene ring substituents is 1. The van der Waals surface area contributed by atoms with Crippen LogP contribution < -0.4 is 4.74 Å². The van der Waals surface area contributed by atoms with Crippen molar-refractivity contribution in [3.8, 4) is 11.8 Å². The Balaban J connectivity index is 1.72. The molecule has 136 valence electrons. The van der Waals surface area contributed by atoms with Crippen LogP contribution in [-0.2, 0) is 6.61 Å². The third-order valence-electron chi connectivity index (χ3n) is 3.63. The Morgan fingerprint density at radius 1 is 1.26 bits per heavy atom. The van der Waals surface area contributed by atoms with Crippen molar-refractivity contribution in [3.63, 3.8) is 0 Å². The van der Waals surface area contributed by atoms with E-state index in [9.17, 15) is 10.1 Å². The number of benzene rings is 2. The second-order valence-corrected chi connectivity index (χ2v) is 6.67. The van der Waals surface area contributed by atoms with Gasteiger partial charge in [0.15, 0.2) is 6.61 Å². The van der Waals surface area contributed by atoms with Crippen LogP contribution in [0.15, 0.2) is 50.9 Å². The number of ether oxygens (including phenoxy) is 1. The average Bonchev–Trinajstić information content (AvgIpc) is 3.10. The summed E-state index contributed by atoms with van der Waals surface area (Å²) in [4.78, 5) is 11.0. The minimum atomic E-state index is -0.552. The molecule has 9 heteroatoms. The van der Waals surface area contributed by atoms with E-state index >= 15 is 0 Å². The van der Waals surface area contributed by atoms with Crippen LogP contribution in [-0.4, -0.2) is 15.1 Å². The van der Waals surface area contributed by atoms with E-state index in [-0.39, 0.29) is 29.0 Å². The highest BCUT2D eigenvalue weighted by Crippen LogP contribution is 2.34. The summed E-state index contributed by atoms with van der Waals surface area (Å²) in [7, 11) is 0. The number of hydrogen-bond acceptors (Lipinski definition) is 8. The topological polar surface area (TPSA) is 115 Å². The van der Waals surface area contributed by atoms with Gasteiger partial charge < -0.3 is 9.15 Å². The average molecular weight is 382 g/mol. The van der Waals surface area contributed by atoms with Crippen LogP contribution in [0, 0.1) is 35.3 Å². The predicted molar refractivity (Wildman–Crippen MR) is 96.5 cm³/mol. The molecular formula is C18H14N4O4S. The van der Waals surface area contributed by atoms with E-state index in [2.05, 4.69) is 10.2 Å². The molecule has 0 spiro atoms. The number of nitriles is 1. The van der Waals surface area contributed by atoms with Gasteiger partial charge in [0, 0.05) is 6.07 Å². The zero-order valence-corrected chi connectivity index (χ0v) is 15.3. The molecule has 0 atom stereocenters. The highest BCUT2D eigenvalue weighted by atomic mass is 32.2. The number of hydrogen-bond donors (Lipinski definition) is 0. The second-order valence-electron chi connectivity index (χ2n) is 5.67. The molecule has 27 heavy (non-hydrogen) atoms. The van der Waals surface area contributed by atoms with E-state index in [1.165, 1.54) is 18.2 Å².